The number of aliphatic hydroxyl groups is 1. The zero-order valence-corrected chi connectivity index (χ0v) is 14.4. The number of nitrogens with one attached hydrogen (secondary N) is 1. The molecule has 0 spiro atoms. The van der Waals surface area contributed by atoms with E-state index in [1.54, 1.807) is 0 Å². The van der Waals surface area contributed by atoms with Crippen LogP contribution in [0.1, 0.15) is 43.2 Å². The minimum absolute atomic E-state index is 0.0107. The molecular formula is C21H23NO3. The van der Waals surface area contributed by atoms with Crippen molar-refractivity contribution in [2.24, 2.45) is 5.41 Å². The first-order chi connectivity index (χ1) is 12.1. The number of rotatable bonds is 5. The summed E-state index contributed by atoms with van der Waals surface area (Å²) in [4.78, 5) is 12.7. The maximum Gasteiger partial charge on any atom is 0.221 e. The molecule has 0 aromatic heterocycles. The predicted octanol–water partition coefficient (Wildman–Crippen LogP) is 3.59. The first-order valence-corrected chi connectivity index (χ1v) is 8.87. The fourth-order valence-corrected chi connectivity index (χ4v) is 3.65. The van der Waals surface area contributed by atoms with Crippen molar-refractivity contribution in [3.05, 3.63) is 59.7 Å². The van der Waals surface area contributed by atoms with Crippen molar-refractivity contribution in [1.29, 1.82) is 0 Å². The fourth-order valence-electron chi connectivity index (χ4n) is 3.65. The van der Waals surface area contributed by atoms with E-state index in [9.17, 15) is 9.90 Å². The normalized spacial score (nSPS) is 18.5. The van der Waals surface area contributed by atoms with Crippen molar-refractivity contribution >= 4 is 5.91 Å². The highest BCUT2D eigenvalue weighted by molar-refractivity contribution is 5.79. The van der Waals surface area contributed by atoms with E-state index in [0.717, 1.165) is 35.5 Å². The standard InChI is InChI=1S/C21H23NO3/c1-21(10-11-21)19(13-23)22-20(24)12-16-14-6-2-4-8-17(14)25-18-9-5-3-7-15(16)18/h2-9,16,19,23H,10-13H2,1H3,(H,22,24). The van der Waals surface area contributed by atoms with Crippen LogP contribution in [0.4, 0.5) is 0 Å². The second kappa shape index (κ2) is 6.19. The highest BCUT2D eigenvalue weighted by atomic mass is 16.5. The molecular weight excluding hydrogens is 314 g/mol. The van der Waals surface area contributed by atoms with Crippen LogP contribution >= 0.6 is 0 Å². The first kappa shape index (κ1) is 16.2. The number of para-hydroxylation sites is 2. The number of amides is 1. The van der Waals surface area contributed by atoms with E-state index < -0.39 is 0 Å². The average Bonchev–Trinajstić information content (AvgIpc) is 3.38. The van der Waals surface area contributed by atoms with Crippen LogP contribution in [0.5, 0.6) is 11.5 Å². The molecule has 25 heavy (non-hydrogen) atoms. The van der Waals surface area contributed by atoms with Gasteiger partial charge in [-0.2, -0.15) is 0 Å². The number of carbonyl (C=O) groups is 1. The zero-order chi connectivity index (χ0) is 17.4. The monoisotopic (exact) mass is 337 g/mol. The molecule has 0 saturated heterocycles. The van der Waals surface area contributed by atoms with Gasteiger partial charge in [-0.25, -0.2) is 0 Å². The number of hydrogen-bond donors (Lipinski definition) is 2. The molecule has 1 fully saturated rings. The summed E-state index contributed by atoms with van der Waals surface area (Å²) in [7, 11) is 0. The second-order valence-corrected chi connectivity index (χ2v) is 7.39. The maximum absolute atomic E-state index is 12.7. The van der Waals surface area contributed by atoms with Crippen LogP contribution in [-0.2, 0) is 4.79 Å². The summed E-state index contributed by atoms with van der Waals surface area (Å²) in [5, 5.41) is 12.7. The van der Waals surface area contributed by atoms with Gasteiger partial charge in [-0.3, -0.25) is 4.79 Å². The summed E-state index contributed by atoms with van der Waals surface area (Å²) in [5.74, 6) is 1.56. The Kier molecular flexibility index (Phi) is 4.00. The number of ether oxygens (including phenoxy) is 1. The Balaban J connectivity index is 1.58. The third kappa shape index (κ3) is 3.02. The van der Waals surface area contributed by atoms with Crippen LogP contribution in [0.2, 0.25) is 0 Å². The number of aliphatic hydroxyl groups excluding tert-OH is 1. The van der Waals surface area contributed by atoms with Crippen molar-refractivity contribution in [2.75, 3.05) is 6.61 Å². The van der Waals surface area contributed by atoms with Gasteiger partial charge in [0.05, 0.1) is 12.6 Å². The van der Waals surface area contributed by atoms with E-state index in [2.05, 4.69) is 12.2 Å². The molecule has 2 aliphatic rings. The molecule has 0 radical (unpaired) electrons. The molecule has 2 aromatic carbocycles. The van der Waals surface area contributed by atoms with Crippen molar-refractivity contribution in [3.63, 3.8) is 0 Å². The highest BCUT2D eigenvalue weighted by Crippen LogP contribution is 2.48. The van der Waals surface area contributed by atoms with Crippen LogP contribution in [0.25, 0.3) is 0 Å². The van der Waals surface area contributed by atoms with Crippen molar-refractivity contribution < 1.29 is 14.6 Å². The molecule has 1 aliphatic carbocycles. The molecule has 130 valence electrons. The smallest absolute Gasteiger partial charge is 0.221 e. The number of hydrogen-bond acceptors (Lipinski definition) is 3. The number of fused-ring (bicyclic) bond motifs is 2. The van der Waals surface area contributed by atoms with E-state index >= 15 is 0 Å². The molecule has 1 saturated carbocycles. The van der Waals surface area contributed by atoms with Gasteiger partial charge in [0.15, 0.2) is 0 Å². The lowest BCUT2D eigenvalue weighted by atomic mass is 9.85. The van der Waals surface area contributed by atoms with Gasteiger partial charge in [-0.1, -0.05) is 43.3 Å². The van der Waals surface area contributed by atoms with Crippen LogP contribution in [0.15, 0.2) is 48.5 Å². The fraction of sp³-hybridized carbons (Fsp3) is 0.381. The van der Waals surface area contributed by atoms with E-state index in [1.807, 2.05) is 48.5 Å². The van der Waals surface area contributed by atoms with E-state index in [0.29, 0.717) is 6.42 Å². The Hall–Kier alpha value is -2.33. The highest BCUT2D eigenvalue weighted by Gasteiger charge is 2.45. The Morgan fingerprint density at radius 3 is 2.24 bits per heavy atom. The van der Waals surface area contributed by atoms with Gasteiger partial charge in [-0.05, 0) is 30.4 Å². The second-order valence-electron chi connectivity index (χ2n) is 7.39. The average molecular weight is 337 g/mol. The third-order valence-corrected chi connectivity index (χ3v) is 5.60. The van der Waals surface area contributed by atoms with E-state index in [1.165, 1.54) is 0 Å². The Morgan fingerprint density at radius 1 is 1.16 bits per heavy atom. The largest absolute Gasteiger partial charge is 0.457 e. The molecule has 1 aliphatic heterocycles. The van der Waals surface area contributed by atoms with Crippen molar-refractivity contribution in [2.45, 2.75) is 38.1 Å². The Labute approximate surface area is 147 Å². The van der Waals surface area contributed by atoms with Gasteiger partial charge in [0.1, 0.15) is 11.5 Å². The summed E-state index contributed by atoms with van der Waals surface area (Å²) in [6, 6.07) is 15.6. The zero-order valence-electron chi connectivity index (χ0n) is 14.4. The van der Waals surface area contributed by atoms with Crippen LogP contribution in [-0.4, -0.2) is 23.7 Å². The van der Waals surface area contributed by atoms with Crippen LogP contribution in [0, 0.1) is 5.41 Å². The summed E-state index contributed by atoms with van der Waals surface area (Å²) in [5.41, 5.74) is 2.12. The maximum atomic E-state index is 12.7. The predicted molar refractivity (Wildman–Crippen MR) is 95.8 cm³/mol. The third-order valence-electron chi connectivity index (χ3n) is 5.60. The minimum atomic E-state index is -0.162. The van der Waals surface area contributed by atoms with Gasteiger partial charge < -0.3 is 15.2 Å². The summed E-state index contributed by atoms with van der Waals surface area (Å²) < 4.78 is 5.98. The quantitative estimate of drug-likeness (QED) is 0.876. The Bertz CT molecular complexity index is 752. The van der Waals surface area contributed by atoms with Gasteiger partial charge in [0.2, 0.25) is 5.91 Å². The lowest BCUT2D eigenvalue weighted by Gasteiger charge is -2.29. The van der Waals surface area contributed by atoms with Crippen LogP contribution in [0.3, 0.4) is 0 Å². The van der Waals surface area contributed by atoms with Gasteiger partial charge in [0, 0.05) is 23.5 Å². The first-order valence-electron chi connectivity index (χ1n) is 8.87. The molecule has 4 rings (SSSR count). The van der Waals surface area contributed by atoms with E-state index in [4.69, 9.17) is 4.74 Å². The van der Waals surface area contributed by atoms with Gasteiger partial charge in [0.25, 0.3) is 0 Å². The SMILES string of the molecule is CC1(C(CO)NC(=O)CC2c3ccccc3Oc3ccccc32)CC1. The molecule has 2 N–H and O–H groups in total. The van der Waals surface area contributed by atoms with Crippen LogP contribution < -0.4 is 10.1 Å². The van der Waals surface area contributed by atoms with Crippen molar-refractivity contribution in [1.82, 2.24) is 5.32 Å². The molecule has 4 heteroatoms. The number of carbonyl (C=O) groups excluding carboxylic acids is 1. The summed E-state index contributed by atoms with van der Waals surface area (Å²) in [6.07, 6.45) is 2.47. The topological polar surface area (TPSA) is 58.6 Å². The lowest BCUT2D eigenvalue weighted by Crippen LogP contribution is -2.43. The van der Waals surface area contributed by atoms with E-state index in [-0.39, 0.29) is 29.9 Å². The molecule has 1 amide bonds. The van der Waals surface area contributed by atoms with Gasteiger partial charge in [-0.15, -0.1) is 0 Å². The molecule has 1 heterocycles. The van der Waals surface area contributed by atoms with Gasteiger partial charge >= 0.3 is 0 Å². The molecule has 1 atom stereocenters. The molecule has 4 nitrogen and oxygen atoms in total. The Morgan fingerprint density at radius 2 is 1.72 bits per heavy atom. The molecule has 1 unspecified atom stereocenters. The number of benzene rings is 2. The molecule has 2 aromatic rings. The lowest BCUT2D eigenvalue weighted by molar-refractivity contribution is -0.122. The van der Waals surface area contributed by atoms with Crippen molar-refractivity contribution in [3.8, 4) is 11.5 Å². The molecule has 0 bridgehead atoms. The minimum Gasteiger partial charge on any atom is -0.457 e. The summed E-state index contributed by atoms with van der Waals surface area (Å²) in [6.45, 7) is 2.11. The summed E-state index contributed by atoms with van der Waals surface area (Å²) >= 11 is 0.